The second-order valence-corrected chi connectivity index (χ2v) is 11.5. The number of phenolic OH excluding ortho intramolecular Hbond substituents is 2. The van der Waals surface area contributed by atoms with E-state index in [1.165, 1.54) is 32.0 Å². The number of rotatable bonds is 6. The van der Waals surface area contributed by atoms with Crippen molar-refractivity contribution < 1.29 is 25.0 Å². The van der Waals surface area contributed by atoms with Gasteiger partial charge in [-0.05, 0) is 75.6 Å². The predicted octanol–water partition coefficient (Wildman–Crippen LogP) is 4.34. The van der Waals surface area contributed by atoms with Crippen molar-refractivity contribution >= 4 is 11.6 Å². The third-order valence-electron chi connectivity index (χ3n) is 9.10. The maximum atomic E-state index is 12.0. The van der Waals surface area contributed by atoms with Gasteiger partial charge in [-0.25, -0.2) is 0 Å². The number of carbonyl (C=O) groups excluding carboxylic acids is 1. The summed E-state index contributed by atoms with van der Waals surface area (Å²) in [7, 11) is 1.53. The molecule has 1 unspecified atom stereocenters. The molecule has 2 aliphatic carbocycles. The lowest BCUT2D eigenvalue weighted by Crippen LogP contribution is -2.69. The molecule has 0 bridgehead atoms. The predicted molar refractivity (Wildman–Crippen MR) is 149 cm³/mol. The number of likely N-dealkylation sites (tertiary alicyclic amines) is 1. The van der Waals surface area contributed by atoms with Crippen LogP contribution in [0.5, 0.6) is 11.5 Å². The highest BCUT2D eigenvalue weighted by molar-refractivity contribution is 5.78. The van der Waals surface area contributed by atoms with Crippen LogP contribution in [0.25, 0.3) is 0 Å². The lowest BCUT2D eigenvalue weighted by Gasteiger charge is -2.60. The van der Waals surface area contributed by atoms with Crippen LogP contribution in [0.2, 0.25) is 0 Å². The number of fused-ring (bicyclic) bond motifs is 1. The average Bonchev–Trinajstić information content (AvgIpc) is 3.74. The van der Waals surface area contributed by atoms with Crippen LogP contribution in [-0.2, 0) is 16.6 Å². The molecule has 2 aromatic rings. The molecule has 2 saturated carbocycles. The number of aromatic hydroxyl groups is 2. The Bertz CT molecular complexity index is 1220. The SMILES string of the molecule is CNC(=O)Cc1cccc([N+](=O)[O-])c1.Cc1ccc(O)c(O)c1[C@@]12CCCCC1(O)[C@@H](C)N(CC1CC1)CC2. The average molecular weight is 540 g/mol. The highest BCUT2D eigenvalue weighted by Crippen LogP contribution is 2.57. The molecular weight excluding hydrogens is 498 g/mol. The van der Waals surface area contributed by atoms with E-state index in [1.54, 1.807) is 18.2 Å². The molecule has 212 valence electrons. The van der Waals surface area contributed by atoms with Crippen molar-refractivity contribution in [3.63, 3.8) is 0 Å². The molecule has 1 heterocycles. The van der Waals surface area contributed by atoms with Crippen molar-refractivity contribution in [2.24, 2.45) is 5.92 Å². The molecule has 39 heavy (non-hydrogen) atoms. The number of aliphatic hydroxyl groups is 1. The van der Waals surface area contributed by atoms with Gasteiger partial charge in [0.25, 0.3) is 5.69 Å². The van der Waals surface area contributed by atoms with Crippen LogP contribution in [0.3, 0.4) is 0 Å². The Labute approximate surface area is 230 Å². The van der Waals surface area contributed by atoms with Crippen LogP contribution in [0.1, 0.15) is 68.6 Å². The number of likely N-dealkylation sites (N-methyl/N-ethyl adjacent to an activating group) is 1. The monoisotopic (exact) mass is 539 g/mol. The van der Waals surface area contributed by atoms with Crippen molar-refractivity contribution in [2.75, 3.05) is 20.1 Å². The molecule has 9 heteroatoms. The number of piperidine rings is 1. The molecule has 5 rings (SSSR count). The summed E-state index contributed by atoms with van der Waals surface area (Å²) < 4.78 is 0. The maximum Gasteiger partial charge on any atom is 0.269 e. The first-order chi connectivity index (χ1) is 18.5. The van der Waals surface area contributed by atoms with E-state index < -0.39 is 15.9 Å². The molecule has 0 spiro atoms. The Morgan fingerprint density at radius 2 is 1.87 bits per heavy atom. The Hall–Kier alpha value is -3.17. The molecule has 4 N–H and O–H groups in total. The first-order valence-corrected chi connectivity index (χ1v) is 13.9. The quantitative estimate of drug-likeness (QED) is 0.244. The number of phenols is 2. The van der Waals surface area contributed by atoms with Gasteiger partial charge in [-0.2, -0.15) is 0 Å². The third kappa shape index (κ3) is 5.75. The third-order valence-corrected chi connectivity index (χ3v) is 9.10. The number of hydrogen-bond acceptors (Lipinski definition) is 7. The van der Waals surface area contributed by atoms with Gasteiger partial charge in [0.1, 0.15) is 0 Å². The van der Waals surface area contributed by atoms with E-state index in [2.05, 4.69) is 17.1 Å². The van der Waals surface area contributed by atoms with Gasteiger partial charge in [0.2, 0.25) is 5.91 Å². The molecule has 0 radical (unpaired) electrons. The number of carbonyl (C=O) groups is 1. The Morgan fingerprint density at radius 1 is 1.15 bits per heavy atom. The van der Waals surface area contributed by atoms with Gasteiger partial charge in [0.05, 0.1) is 16.9 Å². The van der Waals surface area contributed by atoms with Crippen LogP contribution in [0.4, 0.5) is 5.69 Å². The summed E-state index contributed by atoms with van der Waals surface area (Å²) >= 11 is 0. The molecule has 0 aromatic heterocycles. The molecule has 1 aliphatic heterocycles. The van der Waals surface area contributed by atoms with Gasteiger partial charge in [-0.15, -0.1) is 0 Å². The summed E-state index contributed by atoms with van der Waals surface area (Å²) in [6.45, 7) is 6.19. The smallest absolute Gasteiger partial charge is 0.269 e. The molecule has 1 saturated heterocycles. The van der Waals surface area contributed by atoms with Crippen molar-refractivity contribution in [3.8, 4) is 11.5 Å². The van der Waals surface area contributed by atoms with Crippen LogP contribution in [0.15, 0.2) is 36.4 Å². The first kappa shape index (κ1) is 28.8. The van der Waals surface area contributed by atoms with E-state index in [9.17, 15) is 30.2 Å². The Morgan fingerprint density at radius 3 is 2.54 bits per heavy atom. The second kappa shape index (κ2) is 11.5. The summed E-state index contributed by atoms with van der Waals surface area (Å²) in [5.74, 6) is 0.544. The number of amides is 1. The zero-order valence-electron chi connectivity index (χ0n) is 23.2. The second-order valence-electron chi connectivity index (χ2n) is 11.5. The maximum absolute atomic E-state index is 12.0. The number of aryl methyl sites for hydroxylation is 1. The van der Waals surface area contributed by atoms with E-state index in [-0.39, 0.29) is 35.6 Å². The van der Waals surface area contributed by atoms with Gasteiger partial charge in [0.15, 0.2) is 11.5 Å². The highest BCUT2D eigenvalue weighted by Gasteiger charge is 2.60. The summed E-state index contributed by atoms with van der Waals surface area (Å²) in [4.78, 5) is 23.4. The van der Waals surface area contributed by atoms with Crippen molar-refractivity contribution in [2.45, 2.75) is 82.3 Å². The molecule has 3 atom stereocenters. The molecule has 2 aromatic carbocycles. The van der Waals surface area contributed by atoms with Crippen LogP contribution in [0, 0.1) is 23.0 Å². The van der Waals surface area contributed by atoms with Gasteiger partial charge < -0.3 is 20.6 Å². The molecule has 3 fully saturated rings. The number of nitro benzene ring substituents is 1. The summed E-state index contributed by atoms with van der Waals surface area (Å²) in [6, 6.07) is 9.54. The summed E-state index contributed by atoms with van der Waals surface area (Å²) in [5.41, 5.74) is 1.09. The standard InChI is InChI=1S/C21H31NO3.C9H10N2O3/c1-14-5-8-17(23)19(24)18(14)20-9-3-4-10-21(20,25)15(2)22(12-11-20)13-16-6-7-16;1-10-9(12)6-7-3-2-4-8(5-7)11(13)14/h5,8,15-16,23-25H,3-4,6-7,9-13H2,1-2H3;2-5H,6H2,1H3,(H,10,12)/t15-,20+,21?;/m1./s1. The van der Waals surface area contributed by atoms with Crippen molar-refractivity contribution in [1.82, 2.24) is 10.2 Å². The lowest BCUT2D eigenvalue weighted by atomic mass is 9.53. The molecule has 3 aliphatic rings. The topological polar surface area (TPSA) is 136 Å². The fraction of sp³-hybridized carbons (Fsp3) is 0.567. The lowest BCUT2D eigenvalue weighted by molar-refractivity contribution is -0.384. The fourth-order valence-electron chi connectivity index (χ4n) is 6.74. The number of nitrogens with one attached hydrogen (secondary N) is 1. The molecule has 9 nitrogen and oxygen atoms in total. The van der Waals surface area contributed by atoms with E-state index >= 15 is 0 Å². The number of non-ortho nitro benzene ring substituents is 1. The van der Waals surface area contributed by atoms with Gasteiger partial charge >= 0.3 is 0 Å². The van der Waals surface area contributed by atoms with Crippen molar-refractivity contribution in [1.29, 1.82) is 0 Å². The Balaban J connectivity index is 0.000000215. The van der Waals surface area contributed by atoms with E-state index in [1.807, 2.05) is 13.0 Å². The number of nitro groups is 1. The zero-order valence-corrected chi connectivity index (χ0v) is 23.2. The zero-order chi connectivity index (χ0) is 28.4. The minimum atomic E-state index is -0.853. The van der Waals surface area contributed by atoms with E-state index in [4.69, 9.17) is 0 Å². The highest BCUT2D eigenvalue weighted by atomic mass is 16.6. The largest absolute Gasteiger partial charge is 0.504 e. The molecular formula is C30H41N3O6. The number of hydrogen-bond donors (Lipinski definition) is 4. The van der Waals surface area contributed by atoms with Gasteiger partial charge in [-0.3, -0.25) is 19.8 Å². The first-order valence-electron chi connectivity index (χ1n) is 13.9. The van der Waals surface area contributed by atoms with Crippen LogP contribution >= 0.6 is 0 Å². The minimum absolute atomic E-state index is 0.00593. The van der Waals surface area contributed by atoms with E-state index in [0.717, 1.165) is 62.2 Å². The van der Waals surface area contributed by atoms with E-state index in [0.29, 0.717) is 5.56 Å². The summed E-state index contributed by atoms with van der Waals surface area (Å²) in [5, 5.41) is 45.7. The van der Waals surface area contributed by atoms with Gasteiger partial charge in [0, 0.05) is 42.7 Å². The minimum Gasteiger partial charge on any atom is -0.504 e. The summed E-state index contributed by atoms with van der Waals surface area (Å²) in [6.07, 6.45) is 7.38. The van der Waals surface area contributed by atoms with Crippen LogP contribution < -0.4 is 5.32 Å². The fourth-order valence-corrected chi connectivity index (χ4v) is 6.74. The van der Waals surface area contributed by atoms with Crippen LogP contribution in [-0.4, -0.2) is 62.8 Å². The van der Waals surface area contributed by atoms with Crippen molar-refractivity contribution in [3.05, 3.63) is 63.2 Å². The molecule has 1 amide bonds. The van der Waals surface area contributed by atoms with Gasteiger partial charge in [-0.1, -0.05) is 31.0 Å². The number of nitrogens with zero attached hydrogens (tertiary/aromatic N) is 2. The Kier molecular flexibility index (Phi) is 8.51. The normalized spacial score (nSPS) is 26.6. The number of benzene rings is 2.